The van der Waals surface area contributed by atoms with Gasteiger partial charge in [0.1, 0.15) is 0 Å². The van der Waals surface area contributed by atoms with E-state index in [1.807, 2.05) is 0 Å². The van der Waals surface area contributed by atoms with Crippen molar-refractivity contribution in [2.24, 2.45) is 5.73 Å². The van der Waals surface area contributed by atoms with Gasteiger partial charge in [0.25, 0.3) is 0 Å². The van der Waals surface area contributed by atoms with E-state index in [0.717, 1.165) is 6.54 Å². The summed E-state index contributed by atoms with van der Waals surface area (Å²) in [6.45, 7) is 2.66. The summed E-state index contributed by atoms with van der Waals surface area (Å²) in [6.07, 6.45) is 5.08. The van der Waals surface area contributed by atoms with Crippen LogP contribution >= 0.6 is 12.2 Å². The van der Waals surface area contributed by atoms with Crippen molar-refractivity contribution in [3.63, 3.8) is 0 Å². The molecule has 0 spiro atoms. The molecule has 0 unspecified atom stereocenters. The monoisotopic (exact) mass is 246 g/mol. The fourth-order valence-corrected chi connectivity index (χ4v) is 2.37. The van der Waals surface area contributed by atoms with Crippen LogP contribution in [0.2, 0.25) is 0 Å². The number of aliphatic hydroxyl groups is 1. The molecule has 0 heterocycles. The zero-order valence-corrected chi connectivity index (χ0v) is 10.5. The van der Waals surface area contributed by atoms with Crippen molar-refractivity contribution < 1.29 is 9.84 Å². The Morgan fingerprint density at radius 2 is 2.06 bits per heavy atom. The minimum atomic E-state index is 0.0821. The SMILES string of the molecule is NC(=S)CN(CCOCCO)C1CCCC1. The minimum Gasteiger partial charge on any atom is -0.394 e. The van der Waals surface area contributed by atoms with Crippen LogP contribution in [0.4, 0.5) is 0 Å². The molecule has 1 fully saturated rings. The Kier molecular flexibility index (Phi) is 6.87. The highest BCUT2D eigenvalue weighted by atomic mass is 32.1. The Balaban J connectivity index is 2.28. The summed E-state index contributed by atoms with van der Waals surface area (Å²) in [6, 6.07) is 0.610. The number of nitrogens with zero attached hydrogens (tertiary/aromatic N) is 1. The Morgan fingerprint density at radius 1 is 1.38 bits per heavy atom. The fourth-order valence-electron chi connectivity index (χ4n) is 2.21. The van der Waals surface area contributed by atoms with Crippen molar-refractivity contribution in [3.05, 3.63) is 0 Å². The Bertz CT molecular complexity index is 208. The van der Waals surface area contributed by atoms with Gasteiger partial charge in [-0.25, -0.2) is 0 Å². The smallest absolute Gasteiger partial charge is 0.0870 e. The van der Waals surface area contributed by atoms with Gasteiger partial charge >= 0.3 is 0 Å². The van der Waals surface area contributed by atoms with Gasteiger partial charge in [-0.2, -0.15) is 0 Å². The van der Waals surface area contributed by atoms with E-state index in [2.05, 4.69) is 4.90 Å². The van der Waals surface area contributed by atoms with E-state index in [4.69, 9.17) is 27.8 Å². The number of hydrogen-bond acceptors (Lipinski definition) is 4. The highest BCUT2D eigenvalue weighted by Gasteiger charge is 2.22. The van der Waals surface area contributed by atoms with Crippen LogP contribution in [-0.2, 0) is 4.74 Å². The number of aliphatic hydroxyl groups excluding tert-OH is 1. The molecule has 16 heavy (non-hydrogen) atoms. The molecule has 0 aliphatic heterocycles. The second-order valence-corrected chi connectivity index (χ2v) is 4.74. The molecule has 0 amide bonds. The van der Waals surface area contributed by atoms with E-state index in [1.165, 1.54) is 25.7 Å². The molecular formula is C11H22N2O2S. The van der Waals surface area contributed by atoms with Gasteiger partial charge in [-0.3, -0.25) is 4.90 Å². The van der Waals surface area contributed by atoms with Crippen LogP contribution in [0, 0.1) is 0 Å². The van der Waals surface area contributed by atoms with Crippen LogP contribution in [0.5, 0.6) is 0 Å². The average molecular weight is 246 g/mol. The van der Waals surface area contributed by atoms with Gasteiger partial charge in [0.05, 0.1) is 24.8 Å². The first-order valence-electron chi connectivity index (χ1n) is 5.95. The molecule has 4 nitrogen and oxygen atoms in total. The summed E-state index contributed by atoms with van der Waals surface area (Å²) < 4.78 is 5.28. The summed E-state index contributed by atoms with van der Waals surface area (Å²) in [7, 11) is 0. The van der Waals surface area contributed by atoms with Gasteiger partial charge in [-0.1, -0.05) is 25.1 Å². The standard InChI is InChI=1S/C11H22N2O2S/c12-11(16)9-13(5-7-15-8-6-14)10-3-1-2-4-10/h10,14H,1-9H2,(H2,12,16). The zero-order chi connectivity index (χ0) is 11.8. The molecule has 0 aromatic heterocycles. The lowest BCUT2D eigenvalue weighted by atomic mass is 10.2. The van der Waals surface area contributed by atoms with Crippen LogP contribution in [0.3, 0.4) is 0 Å². The average Bonchev–Trinajstić information content (AvgIpc) is 2.75. The largest absolute Gasteiger partial charge is 0.394 e. The van der Waals surface area contributed by atoms with E-state index in [1.54, 1.807) is 0 Å². The highest BCUT2D eigenvalue weighted by Crippen LogP contribution is 2.22. The normalized spacial score (nSPS) is 17.1. The maximum Gasteiger partial charge on any atom is 0.0870 e. The summed E-state index contributed by atoms with van der Waals surface area (Å²) in [5.41, 5.74) is 5.60. The molecular weight excluding hydrogens is 224 g/mol. The summed E-state index contributed by atoms with van der Waals surface area (Å²) >= 11 is 4.96. The Hall–Kier alpha value is -0.230. The highest BCUT2D eigenvalue weighted by molar-refractivity contribution is 7.80. The molecule has 94 valence electrons. The van der Waals surface area contributed by atoms with Crippen molar-refractivity contribution in [2.45, 2.75) is 31.7 Å². The number of thiocarbonyl (C=S) groups is 1. The molecule has 1 aliphatic carbocycles. The van der Waals surface area contributed by atoms with Gasteiger partial charge in [0.2, 0.25) is 0 Å². The van der Waals surface area contributed by atoms with Gasteiger partial charge in [0, 0.05) is 19.1 Å². The molecule has 1 saturated carbocycles. The van der Waals surface area contributed by atoms with E-state index >= 15 is 0 Å². The number of ether oxygens (including phenoxy) is 1. The first-order chi connectivity index (χ1) is 7.74. The lowest BCUT2D eigenvalue weighted by molar-refractivity contribution is 0.0681. The van der Waals surface area contributed by atoms with Crippen LogP contribution in [0.1, 0.15) is 25.7 Å². The molecule has 5 heteroatoms. The molecule has 1 rings (SSSR count). The predicted molar refractivity (Wildman–Crippen MR) is 68.5 cm³/mol. The molecule has 0 radical (unpaired) electrons. The maximum absolute atomic E-state index is 8.61. The molecule has 0 bridgehead atoms. The summed E-state index contributed by atoms with van der Waals surface area (Å²) in [5, 5.41) is 8.61. The molecule has 0 atom stereocenters. The first kappa shape index (κ1) is 13.8. The molecule has 3 N–H and O–H groups in total. The van der Waals surface area contributed by atoms with E-state index in [9.17, 15) is 0 Å². The third-order valence-electron chi connectivity index (χ3n) is 2.96. The van der Waals surface area contributed by atoms with Crippen LogP contribution < -0.4 is 5.73 Å². The predicted octanol–water partition coefficient (Wildman–Crippen LogP) is 0.526. The second kappa shape index (κ2) is 7.95. The van der Waals surface area contributed by atoms with Crippen molar-refractivity contribution >= 4 is 17.2 Å². The summed E-state index contributed by atoms with van der Waals surface area (Å²) in [4.78, 5) is 2.86. The Labute approximate surface area is 103 Å². The zero-order valence-electron chi connectivity index (χ0n) is 9.73. The van der Waals surface area contributed by atoms with E-state index in [-0.39, 0.29) is 6.61 Å². The van der Waals surface area contributed by atoms with Gasteiger partial charge in [0.15, 0.2) is 0 Å². The van der Waals surface area contributed by atoms with Gasteiger partial charge < -0.3 is 15.6 Å². The minimum absolute atomic E-state index is 0.0821. The fraction of sp³-hybridized carbons (Fsp3) is 0.909. The van der Waals surface area contributed by atoms with Crippen molar-refractivity contribution in [2.75, 3.05) is 32.9 Å². The number of nitrogens with two attached hydrogens (primary N) is 1. The maximum atomic E-state index is 8.61. The lowest BCUT2D eigenvalue weighted by Gasteiger charge is -2.28. The number of rotatable bonds is 8. The third-order valence-corrected chi connectivity index (χ3v) is 3.09. The van der Waals surface area contributed by atoms with Gasteiger partial charge in [-0.15, -0.1) is 0 Å². The molecule has 0 saturated heterocycles. The lowest BCUT2D eigenvalue weighted by Crippen LogP contribution is -2.41. The quantitative estimate of drug-likeness (QED) is 0.483. The topological polar surface area (TPSA) is 58.7 Å². The van der Waals surface area contributed by atoms with Crippen molar-refractivity contribution in [1.29, 1.82) is 0 Å². The van der Waals surface area contributed by atoms with E-state index < -0.39 is 0 Å². The number of hydrogen-bond donors (Lipinski definition) is 2. The second-order valence-electron chi connectivity index (χ2n) is 4.21. The third kappa shape index (κ3) is 5.21. The molecule has 0 aromatic carbocycles. The molecule has 1 aliphatic rings. The first-order valence-corrected chi connectivity index (χ1v) is 6.36. The van der Waals surface area contributed by atoms with Crippen molar-refractivity contribution in [3.8, 4) is 0 Å². The van der Waals surface area contributed by atoms with Crippen molar-refractivity contribution in [1.82, 2.24) is 4.90 Å². The van der Waals surface area contributed by atoms with Crippen LogP contribution in [0.25, 0.3) is 0 Å². The molecule has 0 aromatic rings. The summed E-state index contributed by atoms with van der Waals surface area (Å²) in [5.74, 6) is 0. The van der Waals surface area contributed by atoms with E-state index in [0.29, 0.717) is 30.8 Å². The van der Waals surface area contributed by atoms with Gasteiger partial charge in [-0.05, 0) is 12.8 Å². The Morgan fingerprint density at radius 3 is 2.62 bits per heavy atom. The van der Waals surface area contributed by atoms with Crippen LogP contribution in [-0.4, -0.2) is 53.9 Å². The van der Waals surface area contributed by atoms with Crippen LogP contribution in [0.15, 0.2) is 0 Å².